The number of hydrogen-bond donors (Lipinski definition) is 1. The number of fused-ring (bicyclic) bond motifs is 1. The SMILES string of the molecule is CC(C)Sc1ccc(S(=O)(=O)N2CCC(c3cn(CC(=O)O)c4cnccc34)C2)cc1. The van der Waals surface area contributed by atoms with Crippen molar-refractivity contribution in [1.29, 1.82) is 0 Å². The summed E-state index contributed by atoms with van der Waals surface area (Å²) in [6.45, 7) is 4.86. The normalized spacial score (nSPS) is 17.6. The Bertz CT molecular complexity index is 1200. The first kappa shape index (κ1) is 21.9. The van der Waals surface area contributed by atoms with Gasteiger partial charge in [-0.1, -0.05) is 13.8 Å². The molecule has 2 aromatic heterocycles. The molecule has 1 aliphatic heterocycles. The van der Waals surface area contributed by atoms with Crippen molar-refractivity contribution < 1.29 is 18.3 Å². The number of carbonyl (C=O) groups is 1. The van der Waals surface area contributed by atoms with Crippen molar-refractivity contribution >= 4 is 38.7 Å². The van der Waals surface area contributed by atoms with Crippen molar-refractivity contribution in [2.75, 3.05) is 13.1 Å². The number of carboxylic acids is 1. The quantitative estimate of drug-likeness (QED) is 0.540. The molecule has 1 unspecified atom stereocenters. The van der Waals surface area contributed by atoms with Gasteiger partial charge in [-0.05, 0) is 42.3 Å². The second kappa shape index (κ2) is 8.64. The van der Waals surface area contributed by atoms with Gasteiger partial charge in [0, 0.05) is 46.9 Å². The van der Waals surface area contributed by atoms with E-state index in [1.54, 1.807) is 40.9 Å². The molecule has 1 fully saturated rings. The third-order valence-corrected chi connectivity index (χ3v) is 8.34. The summed E-state index contributed by atoms with van der Waals surface area (Å²) in [4.78, 5) is 16.7. The molecule has 1 saturated heterocycles. The van der Waals surface area contributed by atoms with Crippen molar-refractivity contribution in [2.24, 2.45) is 0 Å². The highest BCUT2D eigenvalue weighted by Gasteiger charge is 2.34. The second-order valence-electron chi connectivity index (χ2n) is 7.99. The minimum absolute atomic E-state index is 0.00508. The number of sulfonamides is 1. The molecule has 164 valence electrons. The van der Waals surface area contributed by atoms with E-state index in [2.05, 4.69) is 18.8 Å². The first-order valence-electron chi connectivity index (χ1n) is 10.2. The fraction of sp³-hybridized carbons (Fsp3) is 0.364. The van der Waals surface area contributed by atoms with Crippen molar-refractivity contribution in [3.63, 3.8) is 0 Å². The maximum absolute atomic E-state index is 13.2. The lowest BCUT2D eigenvalue weighted by molar-refractivity contribution is -0.137. The van der Waals surface area contributed by atoms with Crippen molar-refractivity contribution in [3.05, 3.63) is 54.5 Å². The molecule has 1 atom stereocenters. The number of carboxylic acid groups (broad SMARTS) is 1. The van der Waals surface area contributed by atoms with Gasteiger partial charge in [-0.2, -0.15) is 4.31 Å². The van der Waals surface area contributed by atoms with Gasteiger partial charge in [0.1, 0.15) is 6.54 Å². The highest BCUT2D eigenvalue weighted by Crippen LogP contribution is 2.36. The summed E-state index contributed by atoms with van der Waals surface area (Å²) in [5, 5.41) is 10.6. The molecule has 0 amide bonds. The molecule has 0 radical (unpaired) electrons. The van der Waals surface area contributed by atoms with Crippen LogP contribution < -0.4 is 0 Å². The zero-order chi connectivity index (χ0) is 22.2. The lowest BCUT2D eigenvalue weighted by atomic mass is 9.98. The summed E-state index contributed by atoms with van der Waals surface area (Å²) in [6.07, 6.45) is 5.85. The Balaban J connectivity index is 1.57. The summed E-state index contributed by atoms with van der Waals surface area (Å²) >= 11 is 1.70. The molecular formula is C22H25N3O4S2. The fourth-order valence-electron chi connectivity index (χ4n) is 4.08. The van der Waals surface area contributed by atoms with E-state index in [1.807, 2.05) is 24.4 Å². The molecule has 7 nitrogen and oxygen atoms in total. The first-order valence-corrected chi connectivity index (χ1v) is 12.5. The Morgan fingerprint density at radius 2 is 2.00 bits per heavy atom. The van der Waals surface area contributed by atoms with Gasteiger partial charge in [0.05, 0.1) is 16.6 Å². The van der Waals surface area contributed by atoms with Gasteiger partial charge in [0.2, 0.25) is 10.0 Å². The van der Waals surface area contributed by atoms with Crippen LogP contribution in [0.5, 0.6) is 0 Å². The molecule has 3 aromatic rings. The van der Waals surface area contributed by atoms with Gasteiger partial charge < -0.3 is 9.67 Å². The van der Waals surface area contributed by atoms with Gasteiger partial charge in [-0.15, -0.1) is 11.8 Å². The van der Waals surface area contributed by atoms with E-state index in [0.29, 0.717) is 29.7 Å². The predicted molar refractivity (Wildman–Crippen MR) is 121 cm³/mol. The van der Waals surface area contributed by atoms with E-state index in [4.69, 9.17) is 0 Å². The van der Waals surface area contributed by atoms with Gasteiger partial charge >= 0.3 is 5.97 Å². The van der Waals surface area contributed by atoms with Gasteiger partial charge in [-0.3, -0.25) is 9.78 Å². The third kappa shape index (κ3) is 4.49. The molecule has 0 saturated carbocycles. The van der Waals surface area contributed by atoms with Crippen LogP contribution in [0.4, 0.5) is 0 Å². The summed E-state index contributed by atoms with van der Waals surface area (Å²) in [5.41, 5.74) is 1.72. The average molecular weight is 460 g/mol. The second-order valence-corrected chi connectivity index (χ2v) is 11.6. The highest BCUT2D eigenvalue weighted by atomic mass is 32.2. The first-order chi connectivity index (χ1) is 14.8. The summed E-state index contributed by atoms with van der Waals surface area (Å²) < 4.78 is 29.6. The van der Waals surface area contributed by atoms with Crippen LogP contribution in [0.2, 0.25) is 0 Å². The zero-order valence-corrected chi connectivity index (χ0v) is 19.1. The number of thioether (sulfide) groups is 1. The molecular weight excluding hydrogens is 434 g/mol. The van der Waals surface area contributed by atoms with E-state index in [-0.39, 0.29) is 12.5 Å². The number of pyridine rings is 1. The fourth-order valence-corrected chi connectivity index (χ4v) is 6.42. The van der Waals surface area contributed by atoms with Crippen LogP contribution in [0, 0.1) is 0 Å². The molecule has 1 aliphatic rings. The minimum Gasteiger partial charge on any atom is -0.480 e. The Hall–Kier alpha value is -2.36. The topological polar surface area (TPSA) is 92.5 Å². The van der Waals surface area contributed by atoms with E-state index < -0.39 is 16.0 Å². The van der Waals surface area contributed by atoms with Crippen LogP contribution in [0.25, 0.3) is 10.9 Å². The van der Waals surface area contributed by atoms with Crippen LogP contribution in [-0.2, 0) is 21.4 Å². The number of aliphatic carboxylic acids is 1. The Kier molecular flexibility index (Phi) is 6.09. The van der Waals surface area contributed by atoms with E-state index in [1.165, 1.54) is 4.31 Å². The average Bonchev–Trinajstić information content (AvgIpc) is 3.34. The number of nitrogens with zero attached hydrogens (tertiary/aromatic N) is 3. The van der Waals surface area contributed by atoms with Crippen LogP contribution in [0.3, 0.4) is 0 Å². The number of rotatable bonds is 7. The summed E-state index contributed by atoms with van der Waals surface area (Å²) in [7, 11) is -3.58. The largest absolute Gasteiger partial charge is 0.480 e. The Morgan fingerprint density at radius 1 is 1.26 bits per heavy atom. The predicted octanol–water partition coefficient (Wildman–Crippen LogP) is 3.80. The van der Waals surface area contributed by atoms with Gasteiger partial charge in [0.15, 0.2) is 0 Å². The van der Waals surface area contributed by atoms with E-state index in [9.17, 15) is 18.3 Å². The van der Waals surface area contributed by atoms with Crippen molar-refractivity contribution in [1.82, 2.24) is 13.9 Å². The number of benzene rings is 1. The highest BCUT2D eigenvalue weighted by molar-refractivity contribution is 7.99. The maximum Gasteiger partial charge on any atom is 0.323 e. The van der Waals surface area contributed by atoms with Gasteiger partial charge in [-0.25, -0.2) is 8.42 Å². The Morgan fingerprint density at radius 3 is 2.68 bits per heavy atom. The van der Waals surface area contributed by atoms with Crippen molar-refractivity contribution in [3.8, 4) is 0 Å². The maximum atomic E-state index is 13.2. The van der Waals surface area contributed by atoms with Crippen LogP contribution in [0.1, 0.15) is 31.7 Å². The summed E-state index contributed by atoms with van der Waals surface area (Å²) in [5.74, 6) is -0.924. The van der Waals surface area contributed by atoms with Gasteiger partial charge in [0.25, 0.3) is 0 Å². The van der Waals surface area contributed by atoms with Crippen molar-refractivity contribution in [2.45, 2.75) is 47.8 Å². The van der Waals surface area contributed by atoms with Crippen LogP contribution in [-0.4, -0.2) is 51.7 Å². The molecule has 3 heterocycles. The molecule has 9 heteroatoms. The van der Waals surface area contributed by atoms with Crippen LogP contribution >= 0.6 is 11.8 Å². The van der Waals surface area contributed by atoms with E-state index in [0.717, 1.165) is 21.4 Å². The number of aromatic nitrogens is 2. The number of hydrogen-bond acceptors (Lipinski definition) is 5. The molecule has 0 spiro atoms. The molecule has 31 heavy (non-hydrogen) atoms. The molecule has 1 aromatic carbocycles. The molecule has 1 N–H and O–H groups in total. The standard InChI is InChI=1S/C22H25N3O4S2/c1-15(2)30-17-3-5-18(6-4-17)31(28,29)25-10-8-16(12-25)20-13-24(14-22(26)27)21-11-23-9-7-19(20)21/h3-7,9,11,13,15-16H,8,10,12,14H2,1-2H3,(H,26,27). The summed E-state index contributed by atoms with van der Waals surface area (Å²) in [6, 6.07) is 8.94. The smallest absolute Gasteiger partial charge is 0.323 e. The lowest BCUT2D eigenvalue weighted by Gasteiger charge is -2.17. The lowest BCUT2D eigenvalue weighted by Crippen LogP contribution is -2.28. The van der Waals surface area contributed by atoms with Crippen LogP contribution in [0.15, 0.2) is 58.7 Å². The molecule has 0 aliphatic carbocycles. The monoisotopic (exact) mass is 459 g/mol. The minimum atomic E-state index is -3.58. The molecule has 4 rings (SSSR count). The molecule has 0 bridgehead atoms. The third-order valence-electron chi connectivity index (χ3n) is 5.45. The van der Waals surface area contributed by atoms with E-state index >= 15 is 0 Å². The Labute approximate surface area is 186 Å². The zero-order valence-electron chi connectivity index (χ0n) is 17.4.